The summed E-state index contributed by atoms with van der Waals surface area (Å²) in [6, 6.07) is 13.5. The van der Waals surface area contributed by atoms with Gasteiger partial charge < -0.3 is 14.6 Å². The van der Waals surface area contributed by atoms with Crippen LogP contribution in [-0.2, 0) is 21.4 Å². The number of nitrogens with one attached hydrogen (secondary N) is 1. The zero-order valence-electron chi connectivity index (χ0n) is 17.4. The fourth-order valence-corrected chi connectivity index (χ4v) is 5.60. The molecule has 1 aliphatic rings. The van der Waals surface area contributed by atoms with Gasteiger partial charge in [0, 0.05) is 19.6 Å². The van der Waals surface area contributed by atoms with Crippen LogP contribution in [0.1, 0.15) is 19.3 Å². The lowest BCUT2D eigenvalue weighted by molar-refractivity contribution is -0.124. The lowest BCUT2D eigenvalue weighted by Gasteiger charge is -2.23. The highest BCUT2D eigenvalue weighted by Crippen LogP contribution is 2.27. The van der Waals surface area contributed by atoms with Gasteiger partial charge in [0.25, 0.3) is 0 Å². The molecule has 0 bridgehead atoms. The highest BCUT2D eigenvalue weighted by Gasteiger charge is 2.39. The van der Waals surface area contributed by atoms with Gasteiger partial charge in [-0.25, -0.2) is 13.4 Å². The largest absolute Gasteiger partial charge is 0.497 e. The lowest BCUT2D eigenvalue weighted by Crippen LogP contribution is -2.46. The zero-order chi connectivity index (χ0) is 21.8. The van der Waals surface area contributed by atoms with Gasteiger partial charge in [0.2, 0.25) is 15.9 Å². The van der Waals surface area contributed by atoms with E-state index in [9.17, 15) is 13.2 Å². The van der Waals surface area contributed by atoms with Gasteiger partial charge in [-0.2, -0.15) is 4.31 Å². The first-order valence-corrected chi connectivity index (χ1v) is 11.8. The van der Waals surface area contributed by atoms with Crippen molar-refractivity contribution in [1.29, 1.82) is 0 Å². The molecule has 1 aromatic heterocycles. The Bertz CT molecular complexity index is 1160. The number of rotatable bonds is 8. The number of benzene rings is 2. The number of hydrogen-bond acceptors (Lipinski definition) is 5. The van der Waals surface area contributed by atoms with Gasteiger partial charge in [0.05, 0.1) is 29.4 Å². The van der Waals surface area contributed by atoms with Gasteiger partial charge in [-0.3, -0.25) is 4.79 Å². The molecule has 1 fully saturated rings. The molecule has 31 heavy (non-hydrogen) atoms. The number of amides is 1. The van der Waals surface area contributed by atoms with E-state index in [0.717, 1.165) is 24.0 Å². The second-order valence-electron chi connectivity index (χ2n) is 7.52. The number of fused-ring (bicyclic) bond motifs is 1. The molecule has 0 saturated carbocycles. The molecule has 2 heterocycles. The van der Waals surface area contributed by atoms with Crippen LogP contribution in [0.25, 0.3) is 11.0 Å². The summed E-state index contributed by atoms with van der Waals surface area (Å²) in [7, 11) is -2.22. The predicted octanol–water partition coefficient (Wildman–Crippen LogP) is 2.40. The van der Waals surface area contributed by atoms with Crippen LogP contribution in [0, 0.1) is 0 Å². The molecule has 164 valence electrons. The summed E-state index contributed by atoms with van der Waals surface area (Å²) < 4.78 is 34.6. The van der Waals surface area contributed by atoms with Gasteiger partial charge in [0.1, 0.15) is 11.8 Å². The van der Waals surface area contributed by atoms with E-state index in [1.807, 2.05) is 24.3 Å². The van der Waals surface area contributed by atoms with Crippen LogP contribution in [0.4, 0.5) is 0 Å². The Morgan fingerprint density at radius 1 is 1.19 bits per heavy atom. The standard InChI is InChI=1S/C22H26N4O4S/c1-30-17-9-11-18(12-10-17)31(28,29)26-15-4-8-21(26)22(27)23-13-5-14-25-16-24-19-6-2-3-7-20(19)25/h2-3,6-7,9-12,16,21H,4-5,8,13-15H2,1H3,(H,23,27). The summed E-state index contributed by atoms with van der Waals surface area (Å²) in [5.41, 5.74) is 2.00. The van der Waals surface area contributed by atoms with Crippen molar-refractivity contribution in [2.45, 2.75) is 36.7 Å². The van der Waals surface area contributed by atoms with E-state index in [4.69, 9.17) is 4.74 Å². The van der Waals surface area contributed by atoms with E-state index in [2.05, 4.69) is 14.9 Å². The van der Waals surface area contributed by atoms with E-state index in [1.165, 1.54) is 23.5 Å². The number of carbonyl (C=O) groups is 1. The number of hydrogen-bond donors (Lipinski definition) is 1. The first kappa shape index (κ1) is 21.3. The van der Waals surface area contributed by atoms with Crippen LogP contribution in [0.3, 0.4) is 0 Å². The Morgan fingerprint density at radius 2 is 1.97 bits per heavy atom. The molecule has 0 aliphatic carbocycles. The first-order valence-electron chi connectivity index (χ1n) is 10.3. The second-order valence-corrected chi connectivity index (χ2v) is 9.41. The summed E-state index contributed by atoms with van der Waals surface area (Å²) in [5, 5.41) is 2.91. The quantitative estimate of drug-likeness (QED) is 0.541. The van der Waals surface area contributed by atoms with Crippen molar-refractivity contribution in [2.24, 2.45) is 0 Å². The SMILES string of the molecule is COc1ccc(S(=O)(=O)N2CCCC2C(=O)NCCCn2cnc3ccccc32)cc1. The normalized spacial score (nSPS) is 17.1. The van der Waals surface area contributed by atoms with Crippen molar-refractivity contribution in [2.75, 3.05) is 20.2 Å². The first-order chi connectivity index (χ1) is 15.0. The molecule has 2 aromatic carbocycles. The molecule has 1 N–H and O–H groups in total. The molecule has 8 nitrogen and oxygen atoms in total. The number of methoxy groups -OCH3 is 1. The van der Waals surface area contributed by atoms with Crippen molar-refractivity contribution in [3.8, 4) is 5.75 Å². The molecule has 9 heteroatoms. The molecule has 1 amide bonds. The third kappa shape index (κ3) is 4.42. The number of para-hydroxylation sites is 2. The molecular formula is C22H26N4O4S. The number of ether oxygens (including phenoxy) is 1. The third-order valence-electron chi connectivity index (χ3n) is 5.57. The van der Waals surface area contributed by atoms with Gasteiger partial charge >= 0.3 is 0 Å². The summed E-state index contributed by atoms with van der Waals surface area (Å²) in [4.78, 5) is 17.3. The summed E-state index contributed by atoms with van der Waals surface area (Å²) >= 11 is 0. The highest BCUT2D eigenvalue weighted by atomic mass is 32.2. The third-order valence-corrected chi connectivity index (χ3v) is 7.50. The van der Waals surface area contributed by atoms with Crippen molar-refractivity contribution < 1.29 is 17.9 Å². The van der Waals surface area contributed by atoms with Crippen molar-refractivity contribution >= 4 is 27.0 Å². The number of aromatic nitrogens is 2. The molecule has 4 rings (SSSR count). The Morgan fingerprint density at radius 3 is 2.74 bits per heavy atom. The van der Waals surface area contributed by atoms with Gasteiger partial charge in [-0.05, 0) is 55.7 Å². The van der Waals surface area contributed by atoms with E-state index in [-0.39, 0.29) is 10.8 Å². The van der Waals surface area contributed by atoms with Gasteiger partial charge in [-0.1, -0.05) is 12.1 Å². The highest BCUT2D eigenvalue weighted by molar-refractivity contribution is 7.89. The van der Waals surface area contributed by atoms with Crippen molar-refractivity contribution in [3.05, 3.63) is 54.9 Å². The second kappa shape index (κ2) is 9.07. The van der Waals surface area contributed by atoms with Crippen LogP contribution in [-0.4, -0.2) is 54.4 Å². The number of nitrogens with zero attached hydrogens (tertiary/aromatic N) is 3. The van der Waals surface area contributed by atoms with Crippen LogP contribution < -0.4 is 10.1 Å². The number of carbonyl (C=O) groups excluding carboxylic acids is 1. The summed E-state index contributed by atoms with van der Waals surface area (Å²) in [5.74, 6) is 0.338. The van der Waals surface area contributed by atoms with E-state index in [1.54, 1.807) is 18.5 Å². The van der Waals surface area contributed by atoms with Crippen molar-refractivity contribution in [3.63, 3.8) is 0 Å². The van der Waals surface area contributed by atoms with Crippen LogP contribution >= 0.6 is 0 Å². The van der Waals surface area contributed by atoms with Crippen LogP contribution in [0.5, 0.6) is 5.75 Å². The molecule has 1 saturated heterocycles. The Labute approximate surface area is 181 Å². The Balaban J connectivity index is 1.35. The number of sulfonamides is 1. The molecule has 0 spiro atoms. The van der Waals surface area contributed by atoms with Gasteiger partial charge in [0.15, 0.2) is 0 Å². The maximum Gasteiger partial charge on any atom is 0.243 e. The predicted molar refractivity (Wildman–Crippen MR) is 117 cm³/mol. The zero-order valence-corrected chi connectivity index (χ0v) is 18.2. The minimum absolute atomic E-state index is 0.167. The smallest absolute Gasteiger partial charge is 0.243 e. The monoisotopic (exact) mass is 442 g/mol. The Hall–Kier alpha value is -2.91. The van der Waals surface area contributed by atoms with E-state index >= 15 is 0 Å². The minimum atomic E-state index is -3.74. The molecule has 1 aliphatic heterocycles. The van der Waals surface area contributed by atoms with Crippen molar-refractivity contribution in [1.82, 2.24) is 19.2 Å². The lowest BCUT2D eigenvalue weighted by atomic mass is 10.2. The maximum atomic E-state index is 13.1. The average Bonchev–Trinajstić information content (AvgIpc) is 3.45. The maximum absolute atomic E-state index is 13.1. The Kier molecular flexibility index (Phi) is 6.24. The van der Waals surface area contributed by atoms with Crippen LogP contribution in [0.15, 0.2) is 59.8 Å². The summed E-state index contributed by atoms with van der Waals surface area (Å²) in [6.45, 7) is 1.53. The fraction of sp³-hybridized carbons (Fsp3) is 0.364. The molecule has 3 aromatic rings. The van der Waals surface area contributed by atoms with Crippen LogP contribution in [0.2, 0.25) is 0 Å². The number of imidazole rings is 1. The molecule has 1 unspecified atom stereocenters. The molecule has 0 radical (unpaired) electrons. The fourth-order valence-electron chi connectivity index (χ4n) is 3.94. The average molecular weight is 443 g/mol. The minimum Gasteiger partial charge on any atom is -0.497 e. The topological polar surface area (TPSA) is 93.5 Å². The molecular weight excluding hydrogens is 416 g/mol. The number of aryl methyl sites for hydroxylation is 1. The van der Waals surface area contributed by atoms with Gasteiger partial charge in [-0.15, -0.1) is 0 Å². The molecule has 1 atom stereocenters. The van der Waals surface area contributed by atoms with E-state index in [0.29, 0.717) is 31.7 Å². The van der Waals surface area contributed by atoms with E-state index < -0.39 is 16.1 Å². The summed E-state index contributed by atoms with van der Waals surface area (Å²) in [6.07, 6.45) is 3.71.